The van der Waals surface area contributed by atoms with Gasteiger partial charge in [0.25, 0.3) is 9.05 Å². The highest BCUT2D eigenvalue weighted by Crippen LogP contribution is 2.48. The van der Waals surface area contributed by atoms with Gasteiger partial charge in [-0.05, 0) is 134 Å². The van der Waals surface area contributed by atoms with E-state index in [1.165, 1.54) is 89.3 Å². The molecule has 6 aliphatic heterocycles. The molecule has 33 nitrogen and oxygen atoms in total. The summed E-state index contributed by atoms with van der Waals surface area (Å²) in [6.07, 6.45) is 1.15. The second-order valence-corrected chi connectivity index (χ2v) is 55.2. The number of fused-ring (bicyclic) bond motifs is 6. The van der Waals surface area contributed by atoms with Crippen LogP contribution >= 0.6 is 78.7 Å². The van der Waals surface area contributed by atoms with E-state index >= 15 is 0 Å². The van der Waals surface area contributed by atoms with E-state index in [1.54, 1.807) is 43.7 Å². The van der Waals surface area contributed by atoms with Crippen LogP contribution in [0.5, 0.6) is 0 Å². The molecule has 6 aliphatic rings. The minimum atomic E-state index is -4.48. The lowest BCUT2D eigenvalue weighted by Gasteiger charge is -2.27. The molecule has 0 fully saturated rings. The smallest absolute Gasteiger partial charge is 0.304 e. The molecule has 0 spiro atoms. The van der Waals surface area contributed by atoms with Gasteiger partial charge in [-0.3, -0.25) is 23.7 Å². The van der Waals surface area contributed by atoms with Crippen LogP contribution in [0.2, 0.25) is 0 Å². The van der Waals surface area contributed by atoms with E-state index in [0.29, 0.717) is 90.5 Å². The van der Waals surface area contributed by atoms with Crippen molar-refractivity contribution in [2.75, 3.05) is 6.54 Å². The van der Waals surface area contributed by atoms with Crippen LogP contribution in [0.3, 0.4) is 0 Å². The summed E-state index contributed by atoms with van der Waals surface area (Å²) in [5, 5.41) is 33.5. The van der Waals surface area contributed by atoms with E-state index < -0.39 is 158 Å². The number of rotatable bonds is 10. The Bertz CT molecular complexity index is 5390. The van der Waals surface area contributed by atoms with Gasteiger partial charge in [-0.2, -0.15) is 8.42 Å². The lowest BCUT2D eigenvalue weighted by atomic mass is 10.1. The lowest BCUT2D eigenvalue weighted by molar-refractivity contribution is -0.120. The molecular formula is C58H78ClN7O26S16. The maximum atomic E-state index is 12.2. The van der Waals surface area contributed by atoms with Gasteiger partial charge in [0, 0.05) is 77.8 Å². The van der Waals surface area contributed by atoms with Crippen molar-refractivity contribution in [3.63, 3.8) is 0 Å². The van der Waals surface area contributed by atoms with Gasteiger partial charge in [0.2, 0.25) is 43.7 Å². The summed E-state index contributed by atoms with van der Waals surface area (Å²) >= 11 is 4.92. The Morgan fingerprint density at radius 3 is 0.972 bits per heavy atom. The number of nitrogens with two attached hydrogens (primary N) is 2. The summed E-state index contributed by atoms with van der Waals surface area (Å²) in [7, 11) is -31.7. The number of aliphatic hydroxyl groups excluding tert-OH is 1. The van der Waals surface area contributed by atoms with Crippen molar-refractivity contribution in [2.24, 2.45) is 10.3 Å². The Kier molecular flexibility index (Phi) is 28.3. The molecule has 0 radical (unpaired) electrons. The zero-order valence-corrected chi connectivity index (χ0v) is 72.6. The summed E-state index contributed by atoms with van der Waals surface area (Å²) in [6, 6.07) is 6.49. The summed E-state index contributed by atoms with van der Waals surface area (Å²) in [5.41, 5.74) is 2.64. The molecule has 0 saturated heterocycles. The first-order chi connectivity index (χ1) is 49.2. The Hall–Kier alpha value is -4.33. The lowest BCUT2D eigenvalue weighted by Crippen LogP contribution is -2.35. The fourth-order valence-electron chi connectivity index (χ4n) is 12.0. The molecule has 4 amide bonds. The standard InChI is InChI=1S/C10H12ClNO5S3.C10H14N2O5S3.C10H16N2O4S3.C10H13NO6S3.C10H13NO3S2.C8H10O3S2/c2*1-5-3-8(12-6(2)13)7-4-9(20(11,16)17)18-10(7)19(5,14)15;1-3-12-8-4-6(2)18(13,14)10-7(8)5-9(17-10)19(11,15)16;1-5-3-8(11-6(2)12)7-4-9(20(15,16)17)18-10(7)19(5,13)14;1-6-5-9(11-7(2)12)8-3-4-15-10(8)16(6,13)14;1-5-4-7(9)6-2-3-12-8(6)13(5,10)11/h4-5,8H,3H2,1-2H3,(H,12,13);4-5,8H,3H2,1-2H3,(H,12,13)(H2,11,16,17);5-6,8,12H,3-4H2,1-2H3,(H2,11,15,16);4-5,8H,3H2,1-2H3,(H,11,12)(H,15,16,17);3-4,6,9H,5H2,1-2H3,(H,11,12);2-3,5,7,9H,4H2,1H3/t2*5-,8-;6-,8-;5-,8-;6-,9-;5-,7-/m000000/s1. The predicted octanol–water partition coefficient (Wildman–Crippen LogP) is 5.75. The maximum absolute atomic E-state index is 12.2. The quantitative estimate of drug-likeness (QED) is 0.0582. The van der Waals surface area contributed by atoms with E-state index in [4.69, 9.17) is 25.5 Å². The number of aliphatic hydroxyl groups is 1. The molecule has 108 heavy (non-hydrogen) atoms. The number of sulfonamides is 2. The average Bonchev–Trinajstić information content (AvgIpc) is 1.60. The monoisotopic (exact) mass is 1840 g/mol. The number of primary sulfonamides is 2. The molecule has 0 bridgehead atoms. The van der Waals surface area contributed by atoms with Crippen LogP contribution in [0.25, 0.3) is 0 Å². The number of carbonyl (C=O) groups excluding carboxylic acids is 4. The third-order valence-electron chi connectivity index (χ3n) is 17.5. The molecule has 12 heterocycles. The molecular weight excluding hydrogens is 1760 g/mol. The van der Waals surface area contributed by atoms with Crippen LogP contribution in [-0.4, -0.2) is 156 Å². The summed E-state index contributed by atoms with van der Waals surface area (Å²) < 4.78 is 245. The minimum Gasteiger partial charge on any atom is -0.388 e. The van der Waals surface area contributed by atoms with Crippen molar-refractivity contribution >= 4 is 201 Å². The third-order valence-corrected chi connectivity index (χ3v) is 46.7. The fraction of sp³-hybridized carbons (Fsp3) is 0.517. The molecule has 50 heteroatoms. The van der Waals surface area contributed by atoms with Crippen LogP contribution in [0.1, 0.15) is 184 Å². The molecule has 6 aromatic heterocycles. The first-order valence-corrected chi connectivity index (χ1v) is 53.0. The van der Waals surface area contributed by atoms with Gasteiger partial charge in [0.1, 0.15) is 42.1 Å². The number of amides is 4. The fourth-order valence-corrected chi connectivity index (χ4v) is 36.4. The maximum Gasteiger partial charge on any atom is 0.304 e. The Morgan fingerprint density at radius 2 is 0.667 bits per heavy atom. The van der Waals surface area contributed by atoms with Crippen molar-refractivity contribution in [2.45, 2.75) is 225 Å². The predicted molar refractivity (Wildman–Crippen MR) is 407 cm³/mol. The van der Waals surface area contributed by atoms with Crippen molar-refractivity contribution in [3.8, 4) is 0 Å². The summed E-state index contributed by atoms with van der Waals surface area (Å²) in [4.78, 5) is 44.6. The molecule has 11 N–H and O–H groups in total. The molecule has 12 atom stereocenters. The van der Waals surface area contributed by atoms with Gasteiger partial charge in [-0.1, -0.05) is 6.92 Å². The molecule has 0 aromatic carbocycles. The van der Waals surface area contributed by atoms with Gasteiger partial charge < -0.3 is 31.7 Å². The number of halogens is 1. The zero-order valence-electron chi connectivity index (χ0n) is 58.8. The largest absolute Gasteiger partial charge is 0.388 e. The zero-order chi connectivity index (χ0) is 81.9. The first-order valence-electron chi connectivity index (χ1n) is 31.8. The number of thiophene rings is 6. The van der Waals surface area contributed by atoms with E-state index in [0.717, 1.165) is 23.0 Å². The summed E-state index contributed by atoms with van der Waals surface area (Å²) in [5.74, 6) is -1.09. The number of sulfone groups is 6. The first kappa shape index (κ1) is 90.9. The second-order valence-electron chi connectivity index (χ2n) is 25.7. The number of hydrogen-bond donors (Lipinski definition) is 9. The molecule has 604 valence electrons. The molecule has 0 unspecified atom stereocenters. The topological polar surface area (TPSA) is 562 Å². The Labute approximate surface area is 655 Å². The van der Waals surface area contributed by atoms with Crippen LogP contribution in [0, 0.1) is 0 Å². The van der Waals surface area contributed by atoms with Gasteiger partial charge >= 0.3 is 10.1 Å². The Morgan fingerprint density at radius 1 is 0.417 bits per heavy atom. The van der Waals surface area contributed by atoms with Crippen LogP contribution < -0.4 is 36.9 Å². The van der Waals surface area contributed by atoms with Crippen molar-refractivity contribution in [1.82, 2.24) is 26.6 Å². The van der Waals surface area contributed by atoms with Crippen molar-refractivity contribution < 1.29 is 113 Å². The van der Waals surface area contributed by atoms with Crippen LogP contribution in [-0.2, 0) is 117 Å². The van der Waals surface area contributed by atoms with Crippen LogP contribution in [0.4, 0.5) is 0 Å². The van der Waals surface area contributed by atoms with Crippen molar-refractivity contribution in [3.05, 3.63) is 80.5 Å². The highest BCUT2D eigenvalue weighted by Gasteiger charge is 2.45. The number of nitrogens with one attached hydrogen (secondary N) is 5. The number of hydrogen-bond acceptors (Lipinski definition) is 32. The van der Waals surface area contributed by atoms with E-state index in [1.807, 2.05) is 6.92 Å². The van der Waals surface area contributed by atoms with E-state index in [-0.39, 0.29) is 90.0 Å². The van der Waals surface area contributed by atoms with Gasteiger partial charge in [0.05, 0.1) is 61.8 Å². The molecule has 0 aliphatic carbocycles. The molecule has 0 saturated carbocycles. The van der Waals surface area contributed by atoms with Gasteiger partial charge in [0.15, 0.2) is 59.0 Å². The van der Waals surface area contributed by atoms with E-state index in [9.17, 15) is 108 Å². The van der Waals surface area contributed by atoms with E-state index in [2.05, 4.69) is 26.6 Å². The average molecular weight is 1840 g/mol. The third kappa shape index (κ3) is 20.1. The van der Waals surface area contributed by atoms with Gasteiger partial charge in [-0.25, -0.2) is 86.0 Å². The van der Waals surface area contributed by atoms with Gasteiger partial charge in [-0.15, -0.1) is 68.0 Å². The highest BCUT2D eigenvalue weighted by molar-refractivity contribution is 8.15. The van der Waals surface area contributed by atoms with Crippen molar-refractivity contribution in [1.29, 1.82) is 0 Å². The highest BCUT2D eigenvalue weighted by atomic mass is 35.7. The molecule has 6 aromatic rings. The minimum absolute atomic E-state index is 0.0287. The second kappa shape index (κ2) is 33.6. The summed E-state index contributed by atoms with van der Waals surface area (Å²) in [6.45, 7) is 17.5. The molecule has 12 rings (SSSR count). The van der Waals surface area contributed by atoms with Crippen LogP contribution in [0.15, 0.2) is 89.3 Å². The normalized spacial score (nSPS) is 26.2. The number of carbonyl (C=O) groups is 4. The SMILES string of the molecule is CC(=O)N[C@H]1C[C@H](C)S(=O)(=O)c2sc(S(=O)(=O)Cl)cc21.CC(=O)N[C@H]1C[C@H](C)S(=O)(=O)c2sc(S(=O)(=O)O)cc21.CC(=O)N[C@H]1C[C@H](C)S(=O)(=O)c2sc(S(N)(=O)=O)cc21.CC(=O)N[C@H]1C[C@H](C)S(=O)(=O)c2sccc21.CCN[C@H]1C[C@H](C)S(=O)(=O)c2sc(S(N)(=O)=O)cc21.C[C@H]1C[C@H](O)c2ccsc2S1(=O)=O. The Balaban J connectivity index is 0.000000181.